The van der Waals surface area contributed by atoms with Crippen LogP contribution in [0.25, 0.3) is 11.0 Å². The Kier molecular flexibility index (Phi) is 8.97. The molecule has 0 saturated heterocycles. The molecule has 0 unspecified atom stereocenters. The molecule has 37 heavy (non-hydrogen) atoms. The van der Waals surface area contributed by atoms with Gasteiger partial charge in [-0.3, -0.25) is 4.79 Å². The number of hydrogen-bond acceptors (Lipinski definition) is 5. The Hall–Kier alpha value is -2.78. The highest BCUT2D eigenvalue weighted by molar-refractivity contribution is 9.11. The molecule has 0 spiro atoms. The quantitative estimate of drug-likeness (QED) is 0.111. The molecule has 0 aliphatic carbocycles. The van der Waals surface area contributed by atoms with Crippen LogP contribution in [0, 0.1) is 0 Å². The molecule has 0 radical (unpaired) electrons. The number of nitrogens with zero attached hydrogens (tertiary/aromatic N) is 1. The van der Waals surface area contributed by atoms with E-state index in [-0.39, 0.29) is 12.4 Å². The Balaban J connectivity index is 1.52. The topological polar surface area (TPSA) is 73.1 Å². The highest BCUT2D eigenvalue weighted by atomic mass is 79.9. The van der Waals surface area contributed by atoms with Crippen LogP contribution in [0.15, 0.2) is 79.6 Å². The smallest absolute Gasteiger partial charge is 0.307 e. The van der Waals surface area contributed by atoms with E-state index in [9.17, 15) is 4.79 Å². The Labute approximate surface area is 240 Å². The lowest BCUT2D eigenvalue weighted by Gasteiger charge is -2.16. The number of fused-ring (bicyclic) bond motifs is 1. The van der Waals surface area contributed by atoms with E-state index in [0.717, 1.165) is 25.5 Å². The lowest BCUT2D eigenvalue weighted by Crippen LogP contribution is -2.16. The number of rotatable bonds is 9. The van der Waals surface area contributed by atoms with Crippen LogP contribution >= 0.6 is 55.1 Å². The van der Waals surface area contributed by atoms with Gasteiger partial charge < -0.3 is 13.9 Å². The maximum atomic E-state index is 12.6. The fraction of sp³-hybridized carbons (Fsp3) is 0.111. The molecule has 0 atom stereocenters. The molecule has 1 heterocycles. The summed E-state index contributed by atoms with van der Waals surface area (Å²) in [5.74, 6) is 0.729. The summed E-state index contributed by atoms with van der Waals surface area (Å²) in [4.78, 5) is 12.6. The zero-order valence-electron chi connectivity index (χ0n) is 19.5. The molecule has 0 bridgehead atoms. The molecule has 4 aromatic rings. The van der Waals surface area contributed by atoms with Crippen molar-refractivity contribution in [3.8, 4) is 11.5 Å². The van der Waals surface area contributed by atoms with Crippen molar-refractivity contribution in [2.75, 3.05) is 7.11 Å². The molecular formula is C27H20Br2Cl2N2O4. The third-order valence-corrected chi connectivity index (χ3v) is 6.90. The number of hydrazone groups is 1. The first-order valence-electron chi connectivity index (χ1n) is 10.9. The number of nitrogens with one attached hydrogen (secondary N) is 1. The lowest BCUT2D eigenvalue weighted by molar-refractivity contribution is 0.0929. The fourth-order valence-corrected chi connectivity index (χ4v) is 5.38. The monoisotopic (exact) mass is 664 g/mol. The Morgan fingerprint density at radius 1 is 1.14 bits per heavy atom. The minimum Gasteiger partial charge on any atom is -0.493 e. The number of carbonyl (C=O) groups excluding carboxylic acids is 1. The summed E-state index contributed by atoms with van der Waals surface area (Å²) in [5.41, 5.74) is 5.39. The van der Waals surface area contributed by atoms with Crippen molar-refractivity contribution in [3.63, 3.8) is 0 Å². The van der Waals surface area contributed by atoms with Gasteiger partial charge in [-0.1, -0.05) is 51.3 Å². The summed E-state index contributed by atoms with van der Waals surface area (Å²) >= 11 is 19.1. The van der Waals surface area contributed by atoms with Gasteiger partial charge in [0.15, 0.2) is 17.3 Å². The zero-order valence-corrected chi connectivity index (χ0v) is 24.2. The van der Waals surface area contributed by atoms with E-state index in [2.05, 4.69) is 49.0 Å². The van der Waals surface area contributed by atoms with Crippen molar-refractivity contribution >= 4 is 78.2 Å². The van der Waals surface area contributed by atoms with Gasteiger partial charge in [-0.2, -0.15) is 5.10 Å². The SMILES string of the molecule is C=CCc1cc(/C=N\NC(=O)c2cc3cc(Br)cc(Br)c3o2)cc(OC)c1OCc1ccc(Cl)cc1Cl. The molecule has 190 valence electrons. The van der Waals surface area contributed by atoms with Crippen LogP contribution in [0.4, 0.5) is 0 Å². The Bertz CT molecular complexity index is 1520. The number of hydrogen-bond donors (Lipinski definition) is 1. The van der Waals surface area contributed by atoms with Gasteiger partial charge in [-0.05, 0) is 70.4 Å². The maximum Gasteiger partial charge on any atom is 0.307 e. The van der Waals surface area contributed by atoms with Crippen molar-refractivity contribution in [2.45, 2.75) is 13.0 Å². The molecule has 6 nitrogen and oxygen atoms in total. The second kappa shape index (κ2) is 12.2. The highest BCUT2D eigenvalue weighted by Crippen LogP contribution is 2.35. The molecular weight excluding hydrogens is 647 g/mol. The number of furan rings is 1. The molecule has 0 fully saturated rings. The predicted molar refractivity (Wildman–Crippen MR) is 154 cm³/mol. The number of ether oxygens (including phenoxy) is 2. The normalized spacial score (nSPS) is 11.2. The van der Waals surface area contributed by atoms with Gasteiger partial charge in [-0.15, -0.1) is 6.58 Å². The molecule has 4 rings (SSSR count). The second-order valence-corrected chi connectivity index (χ2v) is 10.5. The Morgan fingerprint density at radius 3 is 2.68 bits per heavy atom. The van der Waals surface area contributed by atoms with Crippen molar-refractivity contribution in [3.05, 3.63) is 103 Å². The number of carbonyl (C=O) groups is 1. The molecule has 1 aromatic heterocycles. The highest BCUT2D eigenvalue weighted by Gasteiger charge is 2.16. The lowest BCUT2D eigenvalue weighted by atomic mass is 10.1. The molecule has 1 amide bonds. The van der Waals surface area contributed by atoms with Gasteiger partial charge in [0.05, 0.1) is 17.8 Å². The average Bonchev–Trinajstić information content (AvgIpc) is 3.29. The van der Waals surface area contributed by atoms with E-state index in [1.165, 1.54) is 6.21 Å². The van der Waals surface area contributed by atoms with E-state index in [4.69, 9.17) is 37.1 Å². The number of benzene rings is 3. The zero-order chi connectivity index (χ0) is 26.5. The number of methoxy groups -OCH3 is 1. The van der Waals surface area contributed by atoms with Gasteiger partial charge in [0.25, 0.3) is 0 Å². The minimum atomic E-state index is -0.478. The van der Waals surface area contributed by atoms with Gasteiger partial charge in [-0.25, -0.2) is 5.43 Å². The van der Waals surface area contributed by atoms with E-state index in [1.807, 2.05) is 24.3 Å². The maximum absolute atomic E-state index is 12.6. The average molecular weight is 667 g/mol. The summed E-state index contributed by atoms with van der Waals surface area (Å²) in [7, 11) is 1.55. The van der Waals surface area contributed by atoms with Crippen molar-refractivity contribution in [1.82, 2.24) is 5.43 Å². The van der Waals surface area contributed by atoms with E-state index >= 15 is 0 Å². The summed E-state index contributed by atoms with van der Waals surface area (Å²) in [5, 5.41) is 5.94. The van der Waals surface area contributed by atoms with Crippen LogP contribution in [0.2, 0.25) is 10.0 Å². The summed E-state index contributed by atoms with van der Waals surface area (Å²) < 4.78 is 18.9. The summed E-state index contributed by atoms with van der Waals surface area (Å²) in [6.45, 7) is 4.06. The largest absolute Gasteiger partial charge is 0.493 e. The third-order valence-electron chi connectivity index (χ3n) is 5.26. The van der Waals surface area contributed by atoms with Crippen LogP contribution in [0.5, 0.6) is 11.5 Å². The molecule has 10 heteroatoms. The van der Waals surface area contributed by atoms with E-state index in [0.29, 0.717) is 39.1 Å². The van der Waals surface area contributed by atoms with Crippen LogP contribution in [0.1, 0.15) is 27.2 Å². The van der Waals surface area contributed by atoms with Crippen molar-refractivity contribution in [1.29, 1.82) is 0 Å². The van der Waals surface area contributed by atoms with Gasteiger partial charge >= 0.3 is 5.91 Å². The first kappa shape index (κ1) is 27.3. The number of allylic oxidation sites excluding steroid dienone is 1. The predicted octanol–water partition coefficient (Wildman–Crippen LogP) is 8.34. The standard InChI is InChI=1S/C27H20Br2Cl2N2O4/c1-3-4-16-7-15(8-23(35-2)26(16)36-14-17-5-6-20(30)12-22(17)31)13-32-33-27(34)24-10-18-9-19(28)11-21(29)25(18)37-24/h3,5-13H,1,4,14H2,2H3,(H,33,34)/b32-13-. The van der Waals surface area contributed by atoms with Crippen LogP contribution in [-0.4, -0.2) is 19.2 Å². The van der Waals surface area contributed by atoms with Crippen molar-refractivity contribution < 1.29 is 18.7 Å². The van der Waals surface area contributed by atoms with Crippen molar-refractivity contribution in [2.24, 2.45) is 5.10 Å². The van der Waals surface area contributed by atoms with Gasteiger partial charge in [0.2, 0.25) is 0 Å². The molecule has 0 aliphatic heterocycles. The first-order valence-corrected chi connectivity index (χ1v) is 13.2. The third kappa shape index (κ3) is 6.57. The molecule has 1 N–H and O–H groups in total. The molecule has 3 aromatic carbocycles. The fourth-order valence-electron chi connectivity index (χ4n) is 3.58. The molecule has 0 aliphatic rings. The van der Waals surface area contributed by atoms with Gasteiger partial charge in [0, 0.05) is 31.0 Å². The first-order chi connectivity index (χ1) is 17.8. The van der Waals surface area contributed by atoms with Crippen LogP contribution < -0.4 is 14.9 Å². The summed E-state index contributed by atoms with van der Waals surface area (Å²) in [6, 6.07) is 14.2. The van der Waals surface area contributed by atoms with E-state index < -0.39 is 5.91 Å². The number of amides is 1. The molecule has 0 saturated carbocycles. The van der Waals surface area contributed by atoms with Crippen LogP contribution in [-0.2, 0) is 13.0 Å². The summed E-state index contributed by atoms with van der Waals surface area (Å²) in [6.07, 6.45) is 3.80. The minimum absolute atomic E-state index is 0.139. The van der Waals surface area contributed by atoms with E-state index in [1.54, 1.807) is 37.5 Å². The van der Waals surface area contributed by atoms with Crippen LogP contribution in [0.3, 0.4) is 0 Å². The van der Waals surface area contributed by atoms with Gasteiger partial charge in [0.1, 0.15) is 12.2 Å². The number of halogens is 4. The Morgan fingerprint density at radius 2 is 1.95 bits per heavy atom. The second-order valence-electron chi connectivity index (χ2n) is 7.84.